The van der Waals surface area contributed by atoms with E-state index in [1.54, 1.807) is 6.20 Å². The van der Waals surface area contributed by atoms with Gasteiger partial charge in [0, 0.05) is 18.3 Å². The number of hydrogen-bond donors (Lipinski definition) is 2. The molecule has 0 radical (unpaired) electrons. The lowest BCUT2D eigenvalue weighted by molar-refractivity contribution is 0.371. The van der Waals surface area contributed by atoms with Gasteiger partial charge in [-0.15, -0.1) is 0 Å². The third kappa shape index (κ3) is 3.59. The van der Waals surface area contributed by atoms with Crippen molar-refractivity contribution < 1.29 is 0 Å². The molecule has 0 saturated carbocycles. The highest BCUT2D eigenvalue weighted by Gasteiger charge is 2.16. The highest BCUT2D eigenvalue weighted by molar-refractivity contribution is 6.32. The van der Waals surface area contributed by atoms with Crippen molar-refractivity contribution in [3.8, 4) is 0 Å². The lowest BCUT2D eigenvalue weighted by atomic mass is 9.98. The fourth-order valence-corrected chi connectivity index (χ4v) is 2.82. The molecule has 100 valence electrons. The van der Waals surface area contributed by atoms with Crippen LogP contribution in [-0.2, 0) is 0 Å². The molecule has 0 aliphatic carbocycles. The second-order valence-corrected chi connectivity index (χ2v) is 5.58. The van der Waals surface area contributed by atoms with Crippen molar-refractivity contribution in [3.63, 3.8) is 0 Å². The van der Waals surface area contributed by atoms with Gasteiger partial charge in [-0.1, -0.05) is 18.0 Å². The number of halogens is 1. The second kappa shape index (κ2) is 6.39. The van der Waals surface area contributed by atoms with Gasteiger partial charge in [0.25, 0.3) is 0 Å². The minimum atomic E-state index is 0.404. The second-order valence-electron chi connectivity index (χ2n) is 5.22. The smallest absolute Gasteiger partial charge is 0.152 e. The largest absolute Gasteiger partial charge is 0.380 e. The monoisotopic (exact) mass is 267 g/mol. The van der Waals surface area contributed by atoms with Crippen molar-refractivity contribution in [1.82, 2.24) is 10.3 Å². The summed E-state index contributed by atoms with van der Waals surface area (Å²) in [4.78, 5) is 4.13. The van der Waals surface area contributed by atoms with Gasteiger partial charge in [0.1, 0.15) is 0 Å². The summed E-state index contributed by atoms with van der Waals surface area (Å²) in [6, 6.07) is 3.03. The molecule has 1 aromatic rings. The summed E-state index contributed by atoms with van der Waals surface area (Å²) < 4.78 is 0. The van der Waals surface area contributed by atoms with E-state index in [0.717, 1.165) is 24.2 Å². The third-order valence-corrected chi connectivity index (χ3v) is 3.84. The number of anilines is 1. The molecule has 1 aliphatic heterocycles. The minimum Gasteiger partial charge on any atom is -0.380 e. The first-order valence-corrected chi connectivity index (χ1v) is 7.15. The van der Waals surface area contributed by atoms with Crippen molar-refractivity contribution >= 4 is 17.3 Å². The molecule has 2 rings (SSSR count). The van der Waals surface area contributed by atoms with E-state index in [0.29, 0.717) is 17.2 Å². The molecule has 2 atom stereocenters. The first-order valence-electron chi connectivity index (χ1n) is 6.78. The number of nitrogens with one attached hydrogen (secondary N) is 2. The highest BCUT2D eigenvalue weighted by Crippen LogP contribution is 2.24. The molecule has 18 heavy (non-hydrogen) atoms. The van der Waals surface area contributed by atoms with Crippen LogP contribution < -0.4 is 10.6 Å². The minimum absolute atomic E-state index is 0.404. The summed E-state index contributed by atoms with van der Waals surface area (Å²) in [7, 11) is 0. The van der Waals surface area contributed by atoms with Gasteiger partial charge in [-0.2, -0.15) is 0 Å². The molecule has 0 amide bonds. The predicted octanol–water partition coefficient (Wildman–Crippen LogP) is 3.38. The van der Waals surface area contributed by atoms with Crippen LogP contribution in [0.2, 0.25) is 5.15 Å². The number of nitrogens with zero attached hydrogens (tertiary/aromatic N) is 1. The van der Waals surface area contributed by atoms with Gasteiger partial charge in [-0.25, -0.2) is 4.98 Å². The zero-order valence-electron chi connectivity index (χ0n) is 11.2. The molecule has 0 aromatic carbocycles. The van der Waals surface area contributed by atoms with Crippen LogP contribution in [0.3, 0.4) is 0 Å². The maximum Gasteiger partial charge on any atom is 0.152 e. The van der Waals surface area contributed by atoms with E-state index in [2.05, 4.69) is 29.5 Å². The van der Waals surface area contributed by atoms with Crippen molar-refractivity contribution in [3.05, 3.63) is 23.0 Å². The standard InChI is InChI=1S/C14H22ClN3/c1-10-6-8-17-14(15)13(10)18-11(2)9-12-5-3-4-7-16-12/h6,8,11-12,16,18H,3-5,7,9H2,1-2H3. The first kappa shape index (κ1) is 13.6. The first-order chi connectivity index (χ1) is 8.66. The van der Waals surface area contributed by atoms with Crippen LogP contribution in [-0.4, -0.2) is 23.6 Å². The summed E-state index contributed by atoms with van der Waals surface area (Å²) in [5.74, 6) is 0. The maximum absolute atomic E-state index is 6.13. The lowest BCUT2D eigenvalue weighted by Crippen LogP contribution is -2.37. The van der Waals surface area contributed by atoms with E-state index in [4.69, 9.17) is 11.6 Å². The predicted molar refractivity (Wildman–Crippen MR) is 77.3 cm³/mol. The molecule has 4 heteroatoms. The van der Waals surface area contributed by atoms with Gasteiger partial charge >= 0.3 is 0 Å². The molecule has 0 bridgehead atoms. The molecule has 1 aromatic heterocycles. The Bertz CT molecular complexity index is 368. The van der Waals surface area contributed by atoms with Crippen molar-refractivity contribution in [2.75, 3.05) is 11.9 Å². The summed E-state index contributed by atoms with van der Waals surface area (Å²) in [5.41, 5.74) is 2.13. The van der Waals surface area contributed by atoms with Gasteiger partial charge in [0.15, 0.2) is 5.15 Å². The van der Waals surface area contributed by atoms with Gasteiger partial charge in [0.2, 0.25) is 0 Å². The van der Waals surface area contributed by atoms with Crippen LogP contribution in [0.15, 0.2) is 12.3 Å². The Morgan fingerprint density at radius 2 is 2.39 bits per heavy atom. The number of piperidine rings is 1. The highest BCUT2D eigenvalue weighted by atomic mass is 35.5. The Morgan fingerprint density at radius 3 is 3.06 bits per heavy atom. The van der Waals surface area contributed by atoms with Crippen LogP contribution in [0.4, 0.5) is 5.69 Å². The summed E-state index contributed by atoms with van der Waals surface area (Å²) in [6.07, 6.45) is 6.82. The molecular formula is C14H22ClN3. The molecular weight excluding hydrogens is 246 g/mol. The zero-order chi connectivity index (χ0) is 13.0. The van der Waals surface area contributed by atoms with E-state index >= 15 is 0 Å². The van der Waals surface area contributed by atoms with Crippen molar-refractivity contribution in [2.45, 2.75) is 51.6 Å². The average Bonchev–Trinajstić information content (AvgIpc) is 2.35. The average molecular weight is 268 g/mol. The normalized spacial score (nSPS) is 21.6. The molecule has 1 aliphatic rings. The van der Waals surface area contributed by atoms with Crippen molar-refractivity contribution in [1.29, 1.82) is 0 Å². The number of aromatic nitrogens is 1. The van der Waals surface area contributed by atoms with Crippen LogP contribution in [0.25, 0.3) is 0 Å². The van der Waals surface area contributed by atoms with E-state index in [1.807, 2.05) is 6.07 Å². The molecule has 1 fully saturated rings. The van der Waals surface area contributed by atoms with Gasteiger partial charge in [-0.05, 0) is 51.3 Å². The fraction of sp³-hybridized carbons (Fsp3) is 0.643. The Balaban J connectivity index is 1.92. The number of rotatable bonds is 4. The lowest BCUT2D eigenvalue weighted by Gasteiger charge is -2.27. The quantitative estimate of drug-likeness (QED) is 0.822. The van der Waals surface area contributed by atoms with Gasteiger partial charge in [-0.3, -0.25) is 0 Å². The van der Waals surface area contributed by atoms with Crippen LogP contribution >= 0.6 is 11.6 Å². The number of pyridine rings is 1. The number of aryl methyl sites for hydroxylation is 1. The molecule has 1 saturated heterocycles. The number of hydrogen-bond acceptors (Lipinski definition) is 3. The van der Waals surface area contributed by atoms with E-state index in [1.165, 1.54) is 19.3 Å². The van der Waals surface area contributed by atoms with Crippen LogP contribution in [0.1, 0.15) is 38.2 Å². The Labute approximate surface area is 114 Å². The SMILES string of the molecule is Cc1ccnc(Cl)c1NC(C)CC1CCCCN1. The Kier molecular flexibility index (Phi) is 4.84. The van der Waals surface area contributed by atoms with Crippen LogP contribution in [0.5, 0.6) is 0 Å². The summed E-state index contributed by atoms with van der Waals surface area (Å²) in [5, 5.41) is 7.64. The fourth-order valence-electron chi connectivity index (χ4n) is 2.56. The summed E-state index contributed by atoms with van der Waals surface area (Å²) >= 11 is 6.13. The zero-order valence-corrected chi connectivity index (χ0v) is 11.9. The molecule has 2 N–H and O–H groups in total. The molecule has 2 unspecified atom stereocenters. The van der Waals surface area contributed by atoms with E-state index in [-0.39, 0.29) is 0 Å². The van der Waals surface area contributed by atoms with Crippen molar-refractivity contribution in [2.24, 2.45) is 0 Å². The van der Waals surface area contributed by atoms with Gasteiger partial charge < -0.3 is 10.6 Å². The van der Waals surface area contributed by atoms with Crippen LogP contribution in [0, 0.1) is 6.92 Å². The Morgan fingerprint density at radius 1 is 1.56 bits per heavy atom. The van der Waals surface area contributed by atoms with Gasteiger partial charge in [0.05, 0.1) is 5.69 Å². The Hall–Kier alpha value is -0.800. The molecule has 0 spiro atoms. The maximum atomic E-state index is 6.13. The molecule has 3 nitrogen and oxygen atoms in total. The van der Waals surface area contributed by atoms with E-state index < -0.39 is 0 Å². The molecule has 2 heterocycles. The van der Waals surface area contributed by atoms with E-state index in [9.17, 15) is 0 Å². The third-order valence-electron chi connectivity index (χ3n) is 3.55. The summed E-state index contributed by atoms with van der Waals surface area (Å²) in [6.45, 7) is 5.42. The topological polar surface area (TPSA) is 37.0 Å².